The Labute approximate surface area is 118 Å². The molecule has 2 aromatic rings. The number of hydrogen-bond donors (Lipinski definition) is 1. The fourth-order valence-electron chi connectivity index (χ4n) is 2.36. The van der Waals surface area contributed by atoms with Crippen LogP contribution in [0.25, 0.3) is 0 Å². The molecule has 1 atom stereocenters. The van der Waals surface area contributed by atoms with Gasteiger partial charge in [-0.05, 0) is 35.9 Å². The summed E-state index contributed by atoms with van der Waals surface area (Å²) in [6.45, 7) is 0. The molecule has 104 valence electrons. The minimum Gasteiger partial charge on any atom is -0.489 e. The highest BCUT2D eigenvalue weighted by atomic mass is 32.2. The molecule has 0 aromatic heterocycles. The van der Waals surface area contributed by atoms with Crippen molar-refractivity contribution < 1.29 is 13.2 Å². The van der Waals surface area contributed by atoms with Gasteiger partial charge in [0.05, 0.1) is 10.6 Å². The van der Waals surface area contributed by atoms with Crippen molar-refractivity contribution in [2.75, 3.05) is 11.5 Å². The maximum Gasteiger partial charge on any atom is 0.182 e. The Hall–Kier alpha value is -2.01. The van der Waals surface area contributed by atoms with Crippen LogP contribution in [0.4, 0.5) is 5.69 Å². The summed E-state index contributed by atoms with van der Waals surface area (Å²) in [5, 5.41) is 0. The first kappa shape index (κ1) is 13.0. The maximum absolute atomic E-state index is 12.3. The minimum atomic E-state index is -3.36. The van der Waals surface area contributed by atoms with E-state index in [0.29, 0.717) is 12.1 Å². The zero-order valence-electron chi connectivity index (χ0n) is 10.8. The van der Waals surface area contributed by atoms with Crippen molar-refractivity contribution in [3.8, 4) is 5.75 Å². The molecule has 1 heterocycles. The summed E-state index contributed by atoms with van der Waals surface area (Å²) in [7, 11) is -3.36. The van der Waals surface area contributed by atoms with E-state index in [1.165, 1.54) is 12.1 Å². The van der Waals surface area contributed by atoms with Gasteiger partial charge < -0.3 is 10.5 Å². The first-order valence-corrected chi connectivity index (χ1v) is 8.03. The van der Waals surface area contributed by atoms with Gasteiger partial charge in [0.25, 0.3) is 0 Å². The highest BCUT2D eigenvalue weighted by Crippen LogP contribution is 2.29. The number of hydrogen-bond acceptors (Lipinski definition) is 4. The van der Waals surface area contributed by atoms with Gasteiger partial charge in [0.1, 0.15) is 11.9 Å². The smallest absolute Gasteiger partial charge is 0.182 e. The summed E-state index contributed by atoms with van der Waals surface area (Å²) in [5.74, 6) is 0.760. The summed E-state index contributed by atoms with van der Waals surface area (Å²) in [6, 6.07) is 13.9. The molecule has 5 heteroatoms. The van der Waals surface area contributed by atoms with E-state index in [1.807, 2.05) is 24.3 Å². The lowest BCUT2D eigenvalue weighted by atomic mass is 10.1. The predicted octanol–water partition coefficient (Wildman–Crippen LogP) is 2.05. The van der Waals surface area contributed by atoms with Crippen LogP contribution in [0.15, 0.2) is 53.4 Å². The standard InChI is InChI=1S/C15H15NO3S/c16-12-5-7-14(8-6-12)20(17,18)10-13-9-11-3-1-2-4-15(11)19-13/h1-8,13H,9-10,16H2. The summed E-state index contributed by atoms with van der Waals surface area (Å²) < 4.78 is 30.3. The number of para-hydroxylation sites is 1. The van der Waals surface area contributed by atoms with E-state index in [4.69, 9.17) is 10.5 Å². The highest BCUT2D eigenvalue weighted by Gasteiger charge is 2.28. The SMILES string of the molecule is Nc1ccc(S(=O)(=O)CC2Cc3ccccc3O2)cc1. The van der Waals surface area contributed by atoms with Gasteiger partial charge in [-0.1, -0.05) is 18.2 Å². The van der Waals surface area contributed by atoms with Gasteiger partial charge in [-0.3, -0.25) is 0 Å². The van der Waals surface area contributed by atoms with Crippen LogP contribution in [0.1, 0.15) is 5.56 Å². The fourth-order valence-corrected chi connectivity index (χ4v) is 3.78. The monoisotopic (exact) mass is 289 g/mol. The van der Waals surface area contributed by atoms with Crippen molar-refractivity contribution >= 4 is 15.5 Å². The van der Waals surface area contributed by atoms with Crippen molar-refractivity contribution in [2.24, 2.45) is 0 Å². The van der Waals surface area contributed by atoms with Crippen LogP contribution in [0.2, 0.25) is 0 Å². The van der Waals surface area contributed by atoms with Crippen LogP contribution in [0.5, 0.6) is 5.75 Å². The first-order valence-electron chi connectivity index (χ1n) is 6.37. The van der Waals surface area contributed by atoms with E-state index in [9.17, 15) is 8.42 Å². The van der Waals surface area contributed by atoms with E-state index >= 15 is 0 Å². The van der Waals surface area contributed by atoms with Gasteiger partial charge in [0.15, 0.2) is 9.84 Å². The van der Waals surface area contributed by atoms with Crippen LogP contribution in [-0.4, -0.2) is 20.3 Å². The predicted molar refractivity (Wildman–Crippen MR) is 77.5 cm³/mol. The maximum atomic E-state index is 12.3. The average molecular weight is 289 g/mol. The van der Waals surface area contributed by atoms with E-state index < -0.39 is 9.84 Å². The Kier molecular flexibility index (Phi) is 3.14. The number of benzene rings is 2. The van der Waals surface area contributed by atoms with Gasteiger partial charge in [0, 0.05) is 12.1 Å². The third-order valence-electron chi connectivity index (χ3n) is 3.36. The fraction of sp³-hybridized carbons (Fsp3) is 0.200. The minimum absolute atomic E-state index is 0.0222. The number of ether oxygens (including phenoxy) is 1. The number of sulfone groups is 1. The molecule has 0 aliphatic carbocycles. The Morgan fingerprint density at radius 2 is 1.80 bits per heavy atom. The molecule has 20 heavy (non-hydrogen) atoms. The molecule has 0 saturated heterocycles. The van der Waals surface area contributed by atoms with Crippen LogP contribution < -0.4 is 10.5 Å². The topological polar surface area (TPSA) is 69.4 Å². The summed E-state index contributed by atoms with van der Waals surface area (Å²) in [4.78, 5) is 0.284. The molecule has 0 bridgehead atoms. The molecule has 3 rings (SSSR count). The van der Waals surface area contributed by atoms with Crippen LogP contribution >= 0.6 is 0 Å². The number of fused-ring (bicyclic) bond motifs is 1. The molecule has 0 radical (unpaired) electrons. The Balaban J connectivity index is 1.77. The molecule has 0 fully saturated rings. The lowest BCUT2D eigenvalue weighted by Gasteiger charge is -2.11. The van der Waals surface area contributed by atoms with Crippen LogP contribution in [0, 0.1) is 0 Å². The second-order valence-electron chi connectivity index (χ2n) is 4.90. The molecule has 0 amide bonds. The van der Waals surface area contributed by atoms with Crippen LogP contribution in [-0.2, 0) is 16.3 Å². The molecule has 0 spiro atoms. The second-order valence-corrected chi connectivity index (χ2v) is 6.94. The molecular formula is C15H15NO3S. The van der Waals surface area contributed by atoms with E-state index in [1.54, 1.807) is 12.1 Å². The molecule has 0 saturated carbocycles. The molecule has 2 N–H and O–H groups in total. The third kappa shape index (κ3) is 2.49. The van der Waals surface area contributed by atoms with E-state index in [-0.39, 0.29) is 16.8 Å². The van der Waals surface area contributed by atoms with Crippen molar-refractivity contribution in [3.05, 3.63) is 54.1 Å². The average Bonchev–Trinajstić information content (AvgIpc) is 2.80. The highest BCUT2D eigenvalue weighted by molar-refractivity contribution is 7.91. The van der Waals surface area contributed by atoms with Crippen molar-refractivity contribution in [3.63, 3.8) is 0 Å². The lowest BCUT2D eigenvalue weighted by molar-refractivity contribution is 0.256. The van der Waals surface area contributed by atoms with E-state index in [2.05, 4.69) is 0 Å². The summed E-state index contributed by atoms with van der Waals surface area (Å²) in [5.41, 5.74) is 7.18. The Bertz CT molecular complexity index is 698. The number of anilines is 1. The molecule has 1 unspecified atom stereocenters. The number of rotatable bonds is 3. The van der Waals surface area contributed by atoms with Gasteiger partial charge in [-0.25, -0.2) is 8.42 Å². The number of nitrogen functional groups attached to an aromatic ring is 1. The first-order chi connectivity index (χ1) is 9.54. The number of nitrogens with two attached hydrogens (primary N) is 1. The molecule has 1 aliphatic heterocycles. The summed E-state index contributed by atoms with van der Waals surface area (Å²) in [6.07, 6.45) is 0.305. The Morgan fingerprint density at radius 1 is 1.10 bits per heavy atom. The Morgan fingerprint density at radius 3 is 2.50 bits per heavy atom. The van der Waals surface area contributed by atoms with Crippen molar-refractivity contribution in [1.29, 1.82) is 0 Å². The van der Waals surface area contributed by atoms with E-state index in [0.717, 1.165) is 11.3 Å². The largest absolute Gasteiger partial charge is 0.489 e. The van der Waals surface area contributed by atoms with Crippen LogP contribution in [0.3, 0.4) is 0 Å². The zero-order valence-corrected chi connectivity index (χ0v) is 11.6. The van der Waals surface area contributed by atoms with Crippen molar-refractivity contribution in [1.82, 2.24) is 0 Å². The quantitative estimate of drug-likeness (QED) is 0.878. The normalized spacial score (nSPS) is 17.5. The second kappa shape index (κ2) is 4.83. The van der Waals surface area contributed by atoms with Gasteiger partial charge in [0.2, 0.25) is 0 Å². The van der Waals surface area contributed by atoms with Gasteiger partial charge in [-0.15, -0.1) is 0 Å². The molecule has 2 aromatic carbocycles. The van der Waals surface area contributed by atoms with Gasteiger partial charge >= 0.3 is 0 Å². The molecule has 1 aliphatic rings. The lowest BCUT2D eigenvalue weighted by Crippen LogP contribution is -2.25. The zero-order chi connectivity index (χ0) is 14.2. The third-order valence-corrected chi connectivity index (χ3v) is 5.16. The molecular weight excluding hydrogens is 274 g/mol. The van der Waals surface area contributed by atoms with Gasteiger partial charge in [-0.2, -0.15) is 0 Å². The molecule has 4 nitrogen and oxygen atoms in total. The summed E-state index contributed by atoms with van der Waals surface area (Å²) >= 11 is 0. The van der Waals surface area contributed by atoms with Crippen molar-refractivity contribution in [2.45, 2.75) is 17.4 Å².